The number of hydrogen-bond acceptors (Lipinski definition) is 5. The minimum atomic E-state index is -0.242. The van der Waals surface area contributed by atoms with Crippen molar-refractivity contribution in [2.75, 3.05) is 6.54 Å². The van der Waals surface area contributed by atoms with Crippen molar-refractivity contribution < 1.29 is 4.39 Å². The van der Waals surface area contributed by atoms with Gasteiger partial charge in [0.1, 0.15) is 10.8 Å². The molecule has 0 bridgehead atoms. The van der Waals surface area contributed by atoms with Crippen LogP contribution in [0.4, 0.5) is 4.39 Å². The number of hydrogen-bond donors (Lipinski definition) is 1. The molecule has 0 unspecified atom stereocenters. The molecule has 2 aromatic heterocycles. The molecule has 0 saturated heterocycles. The highest BCUT2D eigenvalue weighted by Crippen LogP contribution is 2.16. The maximum absolute atomic E-state index is 12.9. The molecule has 0 saturated carbocycles. The van der Waals surface area contributed by atoms with Crippen LogP contribution in [0.2, 0.25) is 0 Å². The van der Waals surface area contributed by atoms with Gasteiger partial charge in [-0.15, -0.1) is 10.2 Å². The molecule has 0 aliphatic carbocycles. The van der Waals surface area contributed by atoms with E-state index in [9.17, 15) is 4.39 Å². The molecule has 0 radical (unpaired) electrons. The lowest BCUT2D eigenvalue weighted by molar-refractivity contribution is 0.627. The molecule has 2 heterocycles. The van der Waals surface area contributed by atoms with Crippen molar-refractivity contribution in [1.82, 2.24) is 19.8 Å². The summed E-state index contributed by atoms with van der Waals surface area (Å²) >= 11 is 1.49. The van der Waals surface area contributed by atoms with Gasteiger partial charge in [0, 0.05) is 12.8 Å². The van der Waals surface area contributed by atoms with Gasteiger partial charge in [0.15, 0.2) is 5.82 Å². The van der Waals surface area contributed by atoms with E-state index >= 15 is 0 Å². The van der Waals surface area contributed by atoms with Gasteiger partial charge in [-0.05, 0) is 24.2 Å². The van der Waals surface area contributed by atoms with Crippen LogP contribution in [0.15, 0.2) is 24.3 Å². The lowest BCUT2D eigenvalue weighted by atomic mass is 10.1. The third-order valence-corrected chi connectivity index (χ3v) is 3.69. The molecular weight excluding hydrogens is 265 g/mol. The molecular formula is C12H12FN5S. The lowest BCUT2D eigenvalue weighted by Crippen LogP contribution is -2.04. The average molecular weight is 277 g/mol. The maximum Gasteiger partial charge on any atom is 0.234 e. The van der Waals surface area contributed by atoms with Crippen molar-refractivity contribution >= 4 is 16.3 Å². The Labute approximate surface area is 112 Å². The number of halogens is 1. The van der Waals surface area contributed by atoms with Crippen LogP contribution in [-0.4, -0.2) is 26.4 Å². The number of nitrogens with zero attached hydrogens (tertiary/aromatic N) is 4. The molecule has 5 nitrogen and oxygen atoms in total. The fourth-order valence-electron chi connectivity index (χ4n) is 1.82. The zero-order chi connectivity index (χ0) is 13.2. The summed E-state index contributed by atoms with van der Waals surface area (Å²) in [5.41, 5.74) is 6.49. The highest BCUT2D eigenvalue weighted by Gasteiger charge is 2.11. The van der Waals surface area contributed by atoms with Crippen LogP contribution in [-0.2, 0) is 12.8 Å². The third kappa shape index (κ3) is 2.47. The summed E-state index contributed by atoms with van der Waals surface area (Å²) in [4.78, 5) is 0.764. The van der Waals surface area contributed by atoms with Crippen LogP contribution in [0.5, 0.6) is 0 Å². The Morgan fingerprint density at radius 2 is 2.00 bits per heavy atom. The molecule has 7 heteroatoms. The van der Waals surface area contributed by atoms with Crippen LogP contribution in [0.25, 0.3) is 4.96 Å². The van der Waals surface area contributed by atoms with Gasteiger partial charge < -0.3 is 5.73 Å². The first kappa shape index (κ1) is 12.2. The van der Waals surface area contributed by atoms with E-state index in [1.807, 2.05) is 0 Å². The Morgan fingerprint density at radius 1 is 1.21 bits per heavy atom. The topological polar surface area (TPSA) is 69.1 Å². The van der Waals surface area contributed by atoms with E-state index in [0.717, 1.165) is 27.8 Å². The molecule has 3 aromatic rings. The molecule has 1 aromatic carbocycles. The smallest absolute Gasteiger partial charge is 0.234 e. The van der Waals surface area contributed by atoms with Gasteiger partial charge in [-0.3, -0.25) is 0 Å². The lowest BCUT2D eigenvalue weighted by Gasteiger charge is -1.98. The molecule has 0 spiro atoms. The first-order valence-corrected chi connectivity index (χ1v) is 6.72. The second-order valence-corrected chi connectivity index (χ2v) is 5.19. The second kappa shape index (κ2) is 5.02. The van der Waals surface area contributed by atoms with Gasteiger partial charge in [0.05, 0.1) is 0 Å². The monoisotopic (exact) mass is 277 g/mol. The molecule has 0 fully saturated rings. The second-order valence-electron chi connectivity index (χ2n) is 4.15. The van der Waals surface area contributed by atoms with Gasteiger partial charge >= 0.3 is 0 Å². The molecule has 19 heavy (non-hydrogen) atoms. The van der Waals surface area contributed by atoms with Crippen molar-refractivity contribution in [3.63, 3.8) is 0 Å². The SMILES string of the molecule is NCCc1nn2c(Cc3ccc(F)cc3)nnc2s1. The van der Waals surface area contributed by atoms with Crippen molar-refractivity contribution in [2.45, 2.75) is 12.8 Å². The number of aromatic nitrogens is 4. The predicted molar refractivity (Wildman–Crippen MR) is 70.6 cm³/mol. The first-order valence-electron chi connectivity index (χ1n) is 5.91. The van der Waals surface area contributed by atoms with Gasteiger partial charge in [-0.1, -0.05) is 23.5 Å². The summed E-state index contributed by atoms with van der Waals surface area (Å²) < 4.78 is 14.6. The largest absolute Gasteiger partial charge is 0.330 e. The van der Waals surface area contributed by atoms with E-state index in [-0.39, 0.29) is 5.82 Å². The van der Waals surface area contributed by atoms with E-state index in [4.69, 9.17) is 5.73 Å². The first-order chi connectivity index (χ1) is 9.26. The Balaban J connectivity index is 1.89. The van der Waals surface area contributed by atoms with Crippen LogP contribution < -0.4 is 5.73 Å². The molecule has 0 atom stereocenters. The van der Waals surface area contributed by atoms with E-state index in [1.165, 1.54) is 23.5 Å². The summed E-state index contributed by atoms with van der Waals surface area (Å²) in [5, 5.41) is 13.6. The predicted octanol–water partition coefficient (Wildman–Crippen LogP) is 1.42. The number of rotatable bonds is 4. The van der Waals surface area contributed by atoms with E-state index in [2.05, 4.69) is 15.3 Å². The quantitative estimate of drug-likeness (QED) is 0.783. The minimum Gasteiger partial charge on any atom is -0.330 e. The Hall–Kier alpha value is -1.86. The highest BCUT2D eigenvalue weighted by molar-refractivity contribution is 7.16. The van der Waals surface area contributed by atoms with Gasteiger partial charge in [0.2, 0.25) is 4.96 Å². The van der Waals surface area contributed by atoms with Gasteiger partial charge in [-0.2, -0.15) is 9.61 Å². The van der Waals surface area contributed by atoms with Crippen molar-refractivity contribution in [3.05, 3.63) is 46.5 Å². The van der Waals surface area contributed by atoms with Crippen molar-refractivity contribution in [1.29, 1.82) is 0 Å². The standard InChI is InChI=1S/C12H12FN5S/c13-9-3-1-8(2-4-9)7-10-15-16-12-18(10)17-11(19-12)5-6-14/h1-4H,5-7,14H2. The normalized spacial score (nSPS) is 11.3. The van der Waals surface area contributed by atoms with Gasteiger partial charge in [-0.25, -0.2) is 4.39 Å². The summed E-state index contributed by atoms with van der Waals surface area (Å²) in [6, 6.07) is 6.36. The number of fused-ring (bicyclic) bond motifs is 1. The van der Waals surface area contributed by atoms with Crippen molar-refractivity contribution in [3.8, 4) is 0 Å². The number of nitrogens with two attached hydrogens (primary N) is 1. The third-order valence-electron chi connectivity index (χ3n) is 2.73. The Bertz CT molecular complexity index is 688. The van der Waals surface area contributed by atoms with Crippen LogP contribution >= 0.6 is 11.3 Å². The summed E-state index contributed by atoms with van der Waals surface area (Å²) in [7, 11) is 0. The van der Waals surface area contributed by atoms with E-state index in [1.54, 1.807) is 16.6 Å². The van der Waals surface area contributed by atoms with E-state index < -0.39 is 0 Å². The number of benzene rings is 1. The molecule has 3 rings (SSSR count). The summed E-state index contributed by atoms with van der Waals surface area (Å²) in [6.07, 6.45) is 1.32. The fourth-order valence-corrected chi connectivity index (χ4v) is 2.68. The molecule has 0 aliphatic rings. The summed E-state index contributed by atoms with van der Waals surface area (Å²) in [6.45, 7) is 0.567. The Morgan fingerprint density at radius 3 is 2.74 bits per heavy atom. The highest BCUT2D eigenvalue weighted by atomic mass is 32.1. The summed E-state index contributed by atoms with van der Waals surface area (Å²) in [5.74, 6) is 0.509. The maximum atomic E-state index is 12.9. The van der Waals surface area contributed by atoms with Crippen LogP contribution in [0.1, 0.15) is 16.4 Å². The molecule has 2 N–H and O–H groups in total. The van der Waals surface area contributed by atoms with Crippen molar-refractivity contribution in [2.24, 2.45) is 5.73 Å². The fraction of sp³-hybridized carbons (Fsp3) is 0.250. The van der Waals surface area contributed by atoms with E-state index in [0.29, 0.717) is 13.0 Å². The molecule has 98 valence electrons. The van der Waals surface area contributed by atoms with Gasteiger partial charge in [0.25, 0.3) is 0 Å². The molecule has 0 amide bonds. The van der Waals surface area contributed by atoms with Crippen LogP contribution in [0, 0.1) is 5.82 Å². The molecule has 0 aliphatic heterocycles. The minimum absolute atomic E-state index is 0.242. The zero-order valence-electron chi connectivity index (χ0n) is 10.1. The average Bonchev–Trinajstić information content (AvgIpc) is 2.94. The Kier molecular flexibility index (Phi) is 3.22. The zero-order valence-corrected chi connectivity index (χ0v) is 10.9. The van der Waals surface area contributed by atoms with Crippen LogP contribution in [0.3, 0.4) is 0 Å².